The molecule has 1 saturated carbocycles. The van der Waals surface area contributed by atoms with Gasteiger partial charge < -0.3 is 15.2 Å². The first-order valence-corrected chi connectivity index (χ1v) is 6.95. The van der Waals surface area contributed by atoms with Crippen LogP contribution in [0.3, 0.4) is 0 Å². The summed E-state index contributed by atoms with van der Waals surface area (Å²) in [4.78, 5) is 0. The number of rotatable bonds is 4. The number of hydrogen-bond acceptors (Lipinski definition) is 3. The molecule has 1 fully saturated rings. The summed E-state index contributed by atoms with van der Waals surface area (Å²) in [5.41, 5.74) is 2.28. The van der Waals surface area contributed by atoms with Gasteiger partial charge >= 0.3 is 0 Å². The number of anilines is 1. The van der Waals surface area contributed by atoms with Gasteiger partial charge in [-0.1, -0.05) is 24.3 Å². The minimum atomic E-state index is 0.301. The van der Waals surface area contributed by atoms with Crippen molar-refractivity contribution in [1.29, 1.82) is 0 Å². The third kappa shape index (κ3) is 2.57. The SMILES string of the molecule is COc1ccccc1C1CC(Nc2cccc(O)c2)C1. The molecule has 0 heterocycles. The summed E-state index contributed by atoms with van der Waals surface area (Å²) >= 11 is 0. The van der Waals surface area contributed by atoms with Gasteiger partial charge in [-0.25, -0.2) is 0 Å². The first-order valence-electron chi connectivity index (χ1n) is 6.95. The zero-order valence-electron chi connectivity index (χ0n) is 11.5. The van der Waals surface area contributed by atoms with Crippen molar-refractivity contribution >= 4 is 5.69 Å². The number of aromatic hydroxyl groups is 1. The molecule has 0 spiro atoms. The molecule has 1 aliphatic rings. The summed E-state index contributed by atoms with van der Waals surface area (Å²) in [6.07, 6.45) is 2.19. The largest absolute Gasteiger partial charge is 0.508 e. The first kappa shape index (κ1) is 12.9. The summed E-state index contributed by atoms with van der Waals surface area (Å²) in [7, 11) is 1.72. The highest BCUT2D eigenvalue weighted by Gasteiger charge is 2.31. The van der Waals surface area contributed by atoms with E-state index in [2.05, 4.69) is 17.4 Å². The van der Waals surface area contributed by atoms with Crippen LogP contribution in [0.15, 0.2) is 48.5 Å². The number of nitrogens with one attached hydrogen (secondary N) is 1. The average molecular weight is 269 g/mol. The molecule has 3 heteroatoms. The van der Waals surface area contributed by atoms with Crippen LogP contribution in [-0.2, 0) is 0 Å². The van der Waals surface area contributed by atoms with E-state index in [1.165, 1.54) is 5.56 Å². The van der Waals surface area contributed by atoms with E-state index in [9.17, 15) is 5.11 Å². The number of phenols is 1. The van der Waals surface area contributed by atoms with E-state index >= 15 is 0 Å². The van der Waals surface area contributed by atoms with Crippen LogP contribution in [-0.4, -0.2) is 18.3 Å². The van der Waals surface area contributed by atoms with E-state index in [-0.39, 0.29) is 0 Å². The lowest BCUT2D eigenvalue weighted by Crippen LogP contribution is -2.34. The topological polar surface area (TPSA) is 41.5 Å². The predicted octanol–water partition coefficient (Wildman–Crippen LogP) is 3.76. The van der Waals surface area contributed by atoms with Crippen LogP contribution in [0.1, 0.15) is 24.3 Å². The van der Waals surface area contributed by atoms with E-state index in [0.717, 1.165) is 24.3 Å². The van der Waals surface area contributed by atoms with Crippen LogP contribution in [0.4, 0.5) is 5.69 Å². The van der Waals surface area contributed by atoms with Gasteiger partial charge in [-0.2, -0.15) is 0 Å². The van der Waals surface area contributed by atoms with Crippen molar-refractivity contribution in [2.45, 2.75) is 24.8 Å². The lowest BCUT2D eigenvalue weighted by molar-refractivity contribution is 0.349. The van der Waals surface area contributed by atoms with Gasteiger partial charge in [0.15, 0.2) is 0 Å². The molecular weight excluding hydrogens is 250 g/mol. The molecule has 104 valence electrons. The van der Waals surface area contributed by atoms with Gasteiger partial charge in [-0.05, 0) is 42.5 Å². The molecule has 20 heavy (non-hydrogen) atoms. The number of ether oxygens (including phenoxy) is 1. The summed E-state index contributed by atoms with van der Waals surface area (Å²) in [5.74, 6) is 1.84. The lowest BCUT2D eigenvalue weighted by atomic mass is 9.75. The molecule has 3 nitrogen and oxygen atoms in total. The molecule has 0 amide bonds. The van der Waals surface area contributed by atoms with Crippen molar-refractivity contribution < 1.29 is 9.84 Å². The van der Waals surface area contributed by atoms with Gasteiger partial charge in [0.05, 0.1) is 7.11 Å². The Bertz CT molecular complexity index is 591. The quantitative estimate of drug-likeness (QED) is 0.888. The van der Waals surface area contributed by atoms with Crippen molar-refractivity contribution in [3.8, 4) is 11.5 Å². The standard InChI is InChI=1S/C17H19NO2/c1-20-17-8-3-2-7-16(17)12-9-14(10-12)18-13-5-4-6-15(19)11-13/h2-8,11-12,14,18-19H,9-10H2,1H3. The molecule has 0 aromatic heterocycles. The second kappa shape index (κ2) is 5.45. The number of benzene rings is 2. The third-order valence-electron chi connectivity index (χ3n) is 3.93. The van der Waals surface area contributed by atoms with Crippen LogP contribution < -0.4 is 10.1 Å². The van der Waals surface area contributed by atoms with E-state index < -0.39 is 0 Å². The highest BCUT2D eigenvalue weighted by molar-refractivity contribution is 5.49. The number of methoxy groups -OCH3 is 1. The molecule has 2 aromatic rings. The summed E-state index contributed by atoms with van der Waals surface area (Å²) in [6.45, 7) is 0. The highest BCUT2D eigenvalue weighted by Crippen LogP contribution is 2.42. The molecule has 2 N–H and O–H groups in total. The van der Waals surface area contributed by atoms with Crippen LogP contribution in [0.25, 0.3) is 0 Å². The zero-order chi connectivity index (χ0) is 13.9. The Morgan fingerprint density at radius 2 is 1.90 bits per heavy atom. The molecule has 0 saturated heterocycles. The van der Waals surface area contributed by atoms with Gasteiger partial charge in [-0.3, -0.25) is 0 Å². The van der Waals surface area contributed by atoms with Crippen LogP contribution in [0.2, 0.25) is 0 Å². The fourth-order valence-electron chi connectivity index (χ4n) is 2.82. The summed E-state index contributed by atoms with van der Waals surface area (Å²) < 4.78 is 5.42. The Hall–Kier alpha value is -2.16. The Morgan fingerprint density at radius 1 is 1.10 bits per heavy atom. The number of hydrogen-bond donors (Lipinski definition) is 2. The third-order valence-corrected chi connectivity index (χ3v) is 3.93. The van der Waals surface area contributed by atoms with Gasteiger partial charge in [0.2, 0.25) is 0 Å². The Morgan fingerprint density at radius 3 is 2.65 bits per heavy atom. The fourth-order valence-corrected chi connectivity index (χ4v) is 2.82. The van der Waals surface area contributed by atoms with Gasteiger partial charge in [0.25, 0.3) is 0 Å². The van der Waals surface area contributed by atoms with Crippen molar-refractivity contribution in [2.24, 2.45) is 0 Å². The van der Waals surface area contributed by atoms with Crippen LogP contribution in [0, 0.1) is 0 Å². The molecule has 0 aliphatic heterocycles. The maximum absolute atomic E-state index is 9.46. The Labute approximate surface area is 119 Å². The molecular formula is C17H19NO2. The van der Waals surface area contributed by atoms with Crippen molar-refractivity contribution in [1.82, 2.24) is 0 Å². The van der Waals surface area contributed by atoms with E-state index in [1.54, 1.807) is 19.2 Å². The highest BCUT2D eigenvalue weighted by atomic mass is 16.5. The predicted molar refractivity (Wildman–Crippen MR) is 80.5 cm³/mol. The van der Waals surface area contributed by atoms with Gasteiger partial charge in [0.1, 0.15) is 11.5 Å². The maximum Gasteiger partial charge on any atom is 0.122 e. The smallest absolute Gasteiger partial charge is 0.122 e. The lowest BCUT2D eigenvalue weighted by Gasteiger charge is -2.37. The maximum atomic E-state index is 9.46. The monoisotopic (exact) mass is 269 g/mol. The molecule has 0 bridgehead atoms. The van der Waals surface area contributed by atoms with Crippen molar-refractivity contribution in [2.75, 3.05) is 12.4 Å². The number of phenolic OH excluding ortho intramolecular Hbond substituents is 1. The molecule has 1 aliphatic carbocycles. The van der Waals surface area contributed by atoms with E-state index in [4.69, 9.17) is 4.74 Å². The van der Waals surface area contributed by atoms with Gasteiger partial charge in [-0.15, -0.1) is 0 Å². The van der Waals surface area contributed by atoms with Crippen LogP contribution >= 0.6 is 0 Å². The van der Waals surface area contributed by atoms with Crippen molar-refractivity contribution in [3.63, 3.8) is 0 Å². The molecule has 0 atom stereocenters. The minimum absolute atomic E-state index is 0.301. The van der Waals surface area contributed by atoms with Crippen LogP contribution in [0.5, 0.6) is 11.5 Å². The molecule has 3 rings (SSSR count). The van der Waals surface area contributed by atoms with Crippen molar-refractivity contribution in [3.05, 3.63) is 54.1 Å². The fraction of sp³-hybridized carbons (Fsp3) is 0.294. The Balaban J connectivity index is 1.61. The summed E-state index contributed by atoms with van der Waals surface area (Å²) in [6, 6.07) is 16.0. The molecule has 2 aromatic carbocycles. The second-order valence-electron chi connectivity index (χ2n) is 5.30. The first-order chi connectivity index (χ1) is 9.76. The second-order valence-corrected chi connectivity index (χ2v) is 5.30. The summed E-state index contributed by atoms with van der Waals surface area (Å²) in [5, 5.41) is 12.9. The van der Waals surface area contributed by atoms with Gasteiger partial charge in [0, 0.05) is 17.8 Å². The van der Waals surface area contributed by atoms with E-state index in [1.807, 2.05) is 24.3 Å². The average Bonchev–Trinajstić information content (AvgIpc) is 2.42. The Kier molecular flexibility index (Phi) is 3.50. The van der Waals surface area contributed by atoms with E-state index in [0.29, 0.717) is 17.7 Å². The normalized spacial score (nSPS) is 21.1. The molecule has 0 radical (unpaired) electrons. The minimum Gasteiger partial charge on any atom is -0.508 e. The number of para-hydroxylation sites is 1. The zero-order valence-corrected chi connectivity index (χ0v) is 11.5. The molecule has 0 unspecified atom stereocenters.